The second kappa shape index (κ2) is 4.28. The molecule has 2 rings (SSSR count). The molecule has 0 heterocycles. The topological polar surface area (TPSA) is 37.3 Å². The van der Waals surface area contributed by atoms with E-state index in [4.69, 9.17) is 0 Å². The number of hydrogen-bond acceptors (Lipinski definition) is 1. The molecule has 0 bridgehead atoms. The summed E-state index contributed by atoms with van der Waals surface area (Å²) in [6, 6.07) is 10.1. The third-order valence-electron chi connectivity index (χ3n) is 4.04. The Labute approximate surface area is 96.3 Å². The van der Waals surface area contributed by atoms with Gasteiger partial charge in [-0.1, -0.05) is 50.1 Å². The molecule has 86 valence electrons. The highest BCUT2D eigenvalue weighted by Gasteiger charge is 2.43. The molecule has 1 aliphatic rings. The zero-order valence-electron chi connectivity index (χ0n) is 9.65. The molecule has 2 nitrogen and oxygen atoms in total. The summed E-state index contributed by atoms with van der Waals surface area (Å²) in [6.07, 6.45) is 4.30. The lowest BCUT2D eigenvalue weighted by molar-refractivity contribution is -0.143. The highest BCUT2D eigenvalue weighted by molar-refractivity contribution is 5.72. The standard InChI is InChI=1S/C14H18O2/c1-11(13(15)16)14(9-5-6-10-14)12-7-3-2-4-8-12/h2-4,7-8,11H,5-6,9-10H2,1H3,(H,15,16)/t11-/m0/s1. The molecule has 0 radical (unpaired) electrons. The van der Waals surface area contributed by atoms with Gasteiger partial charge in [0, 0.05) is 5.41 Å². The van der Waals surface area contributed by atoms with Crippen LogP contribution in [0.2, 0.25) is 0 Å². The molecule has 1 saturated carbocycles. The van der Waals surface area contributed by atoms with Crippen LogP contribution in [0.15, 0.2) is 30.3 Å². The zero-order valence-corrected chi connectivity index (χ0v) is 9.65. The lowest BCUT2D eigenvalue weighted by Crippen LogP contribution is -2.35. The molecule has 0 saturated heterocycles. The Bertz CT molecular complexity index is 364. The molecular weight excluding hydrogens is 200 g/mol. The average Bonchev–Trinajstić information content (AvgIpc) is 2.79. The molecule has 1 N–H and O–H groups in total. The van der Waals surface area contributed by atoms with E-state index in [1.54, 1.807) is 0 Å². The van der Waals surface area contributed by atoms with E-state index in [1.165, 1.54) is 5.56 Å². The quantitative estimate of drug-likeness (QED) is 0.845. The van der Waals surface area contributed by atoms with Gasteiger partial charge in [-0.25, -0.2) is 0 Å². The van der Waals surface area contributed by atoms with Crippen LogP contribution in [0.5, 0.6) is 0 Å². The molecule has 1 aromatic rings. The minimum atomic E-state index is -0.675. The van der Waals surface area contributed by atoms with Crippen LogP contribution in [-0.4, -0.2) is 11.1 Å². The lowest BCUT2D eigenvalue weighted by Gasteiger charge is -2.33. The van der Waals surface area contributed by atoms with Crippen molar-refractivity contribution in [3.05, 3.63) is 35.9 Å². The van der Waals surface area contributed by atoms with E-state index in [2.05, 4.69) is 12.1 Å². The van der Waals surface area contributed by atoms with Gasteiger partial charge in [0.25, 0.3) is 0 Å². The van der Waals surface area contributed by atoms with Crippen molar-refractivity contribution in [1.82, 2.24) is 0 Å². The number of rotatable bonds is 3. The Morgan fingerprint density at radius 3 is 2.31 bits per heavy atom. The number of carbonyl (C=O) groups is 1. The molecule has 1 aliphatic carbocycles. The van der Waals surface area contributed by atoms with Crippen molar-refractivity contribution in [2.75, 3.05) is 0 Å². The number of benzene rings is 1. The van der Waals surface area contributed by atoms with E-state index < -0.39 is 5.97 Å². The highest BCUT2D eigenvalue weighted by atomic mass is 16.4. The number of aliphatic carboxylic acids is 1. The predicted octanol–water partition coefficient (Wildman–Crippen LogP) is 3.22. The summed E-state index contributed by atoms with van der Waals surface area (Å²) in [5, 5.41) is 9.27. The van der Waals surface area contributed by atoms with Crippen LogP contribution in [0.1, 0.15) is 38.2 Å². The van der Waals surface area contributed by atoms with E-state index in [9.17, 15) is 9.90 Å². The smallest absolute Gasteiger partial charge is 0.307 e. The Hall–Kier alpha value is -1.31. The first-order valence-corrected chi connectivity index (χ1v) is 5.95. The van der Waals surface area contributed by atoms with Crippen molar-refractivity contribution in [2.24, 2.45) is 5.92 Å². The summed E-state index contributed by atoms with van der Waals surface area (Å²) in [6.45, 7) is 1.85. The van der Waals surface area contributed by atoms with Crippen LogP contribution in [0.25, 0.3) is 0 Å². The largest absolute Gasteiger partial charge is 0.481 e. The molecule has 0 spiro atoms. The van der Waals surface area contributed by atoms with Gasteiger partial charge in [0.1, 0.15) is 0 Å². The normalized spacial score (nSPS) is 20.6. The highest BCUT2D eigenvalue weighted by Crippen LogP contribution is 2.46. The first-order valence-electron chi connectivity index (χ1n) is 5.95. The monoisotopic (exact) mass is 218 g/mol. The van der Waals surface area contributed by atoms with Crippen molar-refractivity contribution in [1.29, 1.82) is 0 Å². The minimum absolute atomic E-state index is 0.132. The fourth-order valence-corrected chi connectivity index (χ4v) is 2.98. The van der Waals surface area contributed by atoms with Gasteiger partial charge in [-0.3, -0.25) is 4.79 Å². The van der Waals surface area contributed by atoms with Crippen LogP contribution in [0, 0.1) is 5.92 Å². The molecule has 16 heavy (non-hydrogen) atoms. The number of hydrogen-bond donors (Lipinski definition) is 1. The molecular formula is C14H18O2. The van der Waals surface area contributed by atoms with Crippen molar-refractivity contribution >= 4 is 5.97 Å². The van der Waals surface area contributed by atoms with E-state index in [0.717, 1.165) is 25.7 Å². The first-order chi connectivity index (χ1) is 7.67. The lowest BCUT2D eigenvalue weighted by atomic mass is 9.69. The second-order valence-electron chi connectivity index (χ2n) is 4.79. The maximum Gasteiger partial charge on any atom is 0.307 e. The molecule has 0 aromatic heterocycles. The summed E-state index contributed by atoms with van der Waals surface area (Å²) in [5.41, 5.74) is 1.06. The van der Waals surface area contributed by atoms with Gasteiger partial charge in [-0.05, 0) is 18.4 Å². The summed E-state index contributed by atoms with van der Waals surface area (Å²) in [7, 11) is 0. The van der Waals surface area contributed by atoms with Crippen LogP contribution < -0.4 is 0 Å². The number of carboxylic acids is 1. The zero-order chi connectivity index (χ0) is 11.6. The van der Waals surface area contributed by atoms with E-state index in [-0.39, 0.29) is 11.3 Å². The third-order valence-corrected chi connectivity index (χ3v) is 4.04. The van der Waals surface area contributed by atoms with Crippen molar-refractivity contribution in [3.8, 4) is 0 Å². The molecule has 2 heteroatoms. The van der Waals surface area contributed by atoms with Gasteiger partial charge in [0.05, 0.1) is 5.92 Å². The van der Waals surface area contributed by atoms with Crippen molar-refractivity contribution < 1.29 is 9.90 Å². The summed E-state index contributed by atoms with van der Waals surface area (Å²) in [4.78, 5) is 11.3. The average molecular weight is 218 g/mol. The Balaban J connectivity index is 2.40. The summed E-state index contributed by atoms with van der Waals surface area (Å²) in [5.74, 6) is -0.969. The Morgan fingerprint density at radius 1 is 1.25 bits per heavy atom. The molecule has 0 aliphatic heterocycles. The first kappa shape index (κ1) is 11.2. The van der Waals surface area contributed by atoms with E-state index in [1.807, 2.05) is 25.1 Å². The third kappa shape index (κ3) is 1.73. The van der Waals surface area contributed by atoms with Crippen LogP contribution >= 0.6 is 0 Å². The van der Waals surface area contributed by atoms with Gasteiger partial charge in [-0.15, -0.1) is 0 Å². The van der Waals surface area contributed by atoms with Crippen molar-refractivity contribution in [3.63, 3.8) is 0 Å². The minimum Gasteiger partial charge on any atom is -0.481 e. The van der Waals surface area contributed by atoms with Gasteiger partial charge in [0.2, 0.25) is 0 Å². The van der Waals surface area contributed by atoms with Gasteiger partial charge in [0.15, 0.2) is 0 Å². The Kier molecular flexibility index (Phi) is 2.99. The van der Waals surface area contributed by atoms with Crippen LogP contribution in [-0.2, 0) is 10.2 Å². The van der Waals surface area contributed by atoms with Crippen molar-refractivity contribution in [2.45, 2.75) is 38.0 Å². The van der Waals surface area contributed by atoms with E-state index in [0.29, 0.717) is 0 Å². The fraction of sp³-hybridized carbons (Fsp3) is 0.500. The van der Waals surface area contributed by atoms with E-state index >= 15 is 0 Å². The van der Waals surface area contributed by atoms with Crippen LogP contribution in [0.4, 0.5) is 0 Å². The van der Waals surface area contributed by atoms with Gasteiger partial charge < -0.3 is 5.11 Å². The SMILES string of the molecule is C[C@@H](C(=O)O)C1(c2ccccc2)CCCC1. The molecule has 1 aromatic carbocycles. The summed E-state index contributed by atoms with van der Waals surface area (Å²) < 4.78 is 0. The molecule has 0 amide bonds. The second-order valence-corrected chi connectivity index (χ2v) is 4.79. The Morgan fingerprint density at radius 2 is 1.81 bits per heavy atom. The predicted molar refractivity (Wildman–Crippen MR) is 63.4 cm³/mol. The van der Waals surface area contributed by atoms with Gasteiger partial charge >= 0.3 is 5.97 Å². The number of carboxylic acid groups (broad SMARTS) is 1. The molecule has 0 unspecified atom stereocenters. The fourth-order valence-electron chi connectivity index (χ4n) is 2.98. The van der Waals surface area contributed by atoms with Gasteiger partial charge in [-0.2, -0.15) is 0 Å². The summed E-state index contributed by atoms with van der Waals surface area (Å²) >= 11 is 0. The maximum atomic E-state index is 11.3. The van der Waals surface area contributed by atoms with Crippen LogP contribution in [0.3, 0.4) is 0 Å². The molecule has 1 fully saturated rings. The molecule has 1 atom stereocenters. The maximum absolute atomic E-state index is 11.3.